The summed E-state index contributed by atoms with van der Waals surface area (Å²) in [6, 6.07) is 14.3. The molecule has 0 aliphatic carbocycles. The molecule has 2 aromatic heterocycles. The van der Waals surface area contributed by atoms with Gasteiger partial charge in [0.05, 0.1) is 0 Å². The van der Waals surface area contributed by atoms with E-state index in [4.69, 9.17) is 5.73 Å². The van der Waals surface area contributed by atoms with E-state index in [9.17, 15) is 0 Å². The Morgan fingerprint density at radius 3 is 2.70 bits per heavy atom. The van der Waals surface area contributed by atoms with Gasteiger partial charge in [0.15, 0.2) is 10.8 Å². The van der Waals surface area contributed by atoms with E-state index in [2.05, 4.69) is 41.4 Å². The van der Waals surface area contributed by atoms with E-state index in [1.165, 1.54) is 5.56 Å². The van der Waals surface area contributed by atoms with Crippen molar-refractivity contribution in [3.63, 3.8) is 0 Å². The van der Waals surface area contributed by atoms with Gasteiger partial charge in [-0.15, -0.1) is 10.2 Å². The molecule has 5 heteroatoms. The zero-order valence-electron chi connectivity index (χ0n) is 11.2. The van der Waals surface area contributed by atoms with E-state index in [-0.39, 0.29) is 6.04 Å². The number of pyridine rings is 1. The number of nitrogens with two attached hydrogens (primary N) is 1. The van der Waals surface area contributed by atoms with Gasteiger partial charge in [-0.05, 0) is 48.0 Å². The molecule has 4 nitrogen and oxygen atoms in total. The summed E-state index contributed by atoms with van der Waals surface area (Å²) in [5, 5.41) is 9.23. The van der Waals surface area contributed by atoms with Crippen LogP contribution in [-0.2, 0) is 0 Å². The van der Waals surface area contributed by atoms with E-state index in [0.29, 0.717) is 0 Å². The van der Waals surface area contributed by atoms with Crippen molar-refractivity contribution in [2.45, 2.75) is 29.4 Å². The molecule has 0 saturated carbocycles. The Bertz CT molecular complexity index is 705. The Morgan fingerprint density at radius 2 is 1.95 bits per heavy atom. The molecule has 0 bridgehead atoms. The highest BCUT2D eigenvalue weighted by Gasteiger charge is 2.07. The van der Waals surface area contributed by atoms with Crippen molar-refractivity contribution in [3.05, 3.63) is 54.2 Å². The molecule has 0 fully saturated rings. The van der Waals surface area contributed by atoms with Crippen LogP contribution in [-0.4, -0.2) is 14.6 Å². The zero-order valence-corrected chi connectivity index (χ0v) is 12.0. The standard InChI is InChI=1S/C15H16N4S/c1-2-13(16)11-6-8-12(9-7-11)20-15-18-17-14-5-3-4-10-19(14)15/h3-10,13H,2,16H2,1H3. The molecule has 0 radical (unpaired) electrons. The topological polar surface area (TPSA) is 56.2 Å². The molecule has 102 valence electrons. The Balaban J connectivity index is 1.84. The van der Waals surface area contributed by atoms with Gasteiger partial charge in [-0.1, -0.05) is 25.1 Å². The molecule has 1 unspecified atom stereocenters. The van der Waals surface area contributed by atoms with Crippen LogP contribution in [0.1, 0.15) is 24.9 Å². The van der Waals surface area contributed by atoms with Crippen LogP contribution in [0.5, 0.6) is 0 Å². The predicted molar refractivity (Wildman–Crippen MR) is 80.8 cm³/mol. The van der Waals surface area contributed by atoms with Gasteiger partial charge in [0.1, 0.15) is 0 Å². The highest BCUT2D eigenvalue weighted by Crippen LogP contribution is 2.27. The second-order valence-corrected chi connectivity index (χ2v) is 5.64. The molecule has 20 heavy (non-hydrogen) atoms. The third-order valence-corrected chi connectivity index (χ3v) is 4.21. The van der Waals surface area contributed by atoms with Crippen LogP contribution in [0.15, 0.2) is 58.7 Å². The summed E-state index contributed by atoms with van der Waals surface area (Å²) in [5.74, 6) is 0. The SMILES string of the molecule is CCC(N)c1ccc(Sc2nnc3ccccn23)cc1. The van der Waals surface area contributed by atoms with Crippen LogP contribution in [0, 0.1) is 0 Å². The van der Waals surface area contributed by atoms with Crippen molar-refractivity contribution in [1.82, 2.24) is 14.6 Å². The number of aromatic nitrogens is 3. The summed E-state index contributed by atoms with van der Waals surface area (Å²) in [6.45, 7) is 2.09. The first-order chi connectivity index (χ1) is 9.78. The molecule has 3 aromatic rings. The lowest BCUT2D eigenvalue weighted by atomic mass is 10.1. The van der Waals surface area contributed by atoms with E-state index < -0.39 is 0 Å². The predicted octanol–water partition coefficient (Wildman–Crippen LogP) is 3.29. The highest BCUT2D eigenvalue weighted by molar-refractivity contribution is 7.99. The van der Waals surface area contributed by atoms with E-state index in [1.54, 1.807) is 11.8 Å². The molecule has 0 aliphatic heterocycles. The Hall–Kier alpha value is -1.85. The summed E-state index contributed by atoms with van der Waals surface area (Å²) in [5.41, 5.74) is 8.05. The smallest absolute Gasteiger partial charge is 0.200 e. The molecular formula is C15H16N4S. The molecule has 0 spiro atoms. The average Bonchev–Trinajstić information content (AvgIpc) is 2.91. The third kappa shape index (κ3) is 2.55. The van der Waals surface area contributed by atoms with Gasteiger partial charge < -0.3 is 5.73 Å². The second-order valence-electron chi connectivity index (χ2n) is 4.60. The minimum absolute atomic E-state index is 0.114. The summed E-state index contributed by atoms with van der Waals surface area (Å²) in [6.07, 6.45) is 2.92. The van der Waals surface area contributed by atoms with Crippen molar-refractivity contribution in [3.8, 4) is 0 Å². The second kappa shape index (κ2) is 5.64. The molecule has 2 N–H and O–H groups in total. The van der Waals surface area contributed by atoms with Gasteiger partial charge in [0.25, 0.3) is 0 Å². The van der Waals surface area contributed by atoms with Gasteiger partial charge in [-0.3, -0.25) is 4.40 Å². The Kier molecular flexibility index (Phi) is 3.71. The fraction of sp³-hybridized carbons (Fsp3) is 0.200. The van der Waals surface area contributed by atoms with Crippen molar-refractivity contribution in [2.75, 3.05) is 0 Å². The highest BCUT2D eigenvalue weighted by atomic mass is 32.2. The van der Waals surface area contributed by atoms with Gasteiger partial charge in [0, 0.05) is 17.1 Å². The summed E-state index contributed by atoms with van der Waals surface area (Å²) in [7, 11) is 0. The number of nitrogens with zero attached hydrogens (tertiary/aromatic N) is 3. The van der Waals surface area contributed by atoms with Crippen LogP contribution in [0.25, 0.3) is 5.65 Å². The van der Waals surface area contributed by atoms with E-state index >= 15 is 0 Å². The Labute approximate surface area is 122 Å². The number of hydrogen-bond donors (Lipinski definition) is 1. The molecule has 3 rings (SSSR count). The van der Waals surface area contributed by atoms with Crippen LogP contribution >= 0.6 is 11.8 Å². The molecule has 1 aromatic carbocycles. The lowest BCUT2D eigenvalue weighted by Gasteiger charge is -2.09. The first-order valence-electron chi connectivity index (χ1n) is 6.61. The molecule has 0 amide bonds. The number of fused-ring (bicyclic) bond motifs is 1. The number of hydrogen-bond acceptors (Lipinski definition) is 4. The normalized spacial score (nSPS) is 12.7. The van der Waals surface area contributed by atoms with Crippen LogP contribution in [0.3, 0.4) is 0 Å². The summed E-state index contributed by atoms with van der Waals surface area (Å²) >= 11 is 1.60. The largest absolute Gasteiger partial charge is 0.324 e. The maximum atomic E-state index is 6.02. The zero-order chi connectivity index (χ0) is 13.9. The molecule has 0 saturated heterocycles. The van der Waals surface area contributed by atoms with Gasteiger partial charge in [0.2, 0.25) is 0 Å². The first-order valence-corrected chi connectivity index (χ1v) is 7.42. The number of rotatable bonds is 4. The number of benzene rings is 1. The van der Waals surface area contributed by atoms with Crippen LogP contribution in [0.2, 0.25) is 0 Å². The van der Waals surface area contributed by atoms with Crippen molar-refractivity contribution in [2.24, 2.45) is 5.73 Å². The van der Waals surface area contributed by atoms with Crippen LogP contribution in [0.4, 0.5) is 0 Å². The van der Waals surface area contributed by atoms with Crippen molar-refractivity contribution in [1.29, 1.82) is 0 Å². The fourth-order valence-corrected chi connectivity index (χ4v) is 2.83. The minimum Gasteiger partial charge on any atom is -0.324 e. The van der Waals surface area contributed by atoms with Crippen molar-refractivity contribution >= 4 is 17.4 Å². The monoisotopic (exact) mass is 284 g/mol. The van der Waals surface area contributed by atoms with Gasteiger partial charge >= 0.3 is 0 Å². The van der Waals surface area contributed by atoms with Crippen molar-refractivity contribution < 1.29 is 0 Å². The molecule has 0 aliphatic rings. The lowest BCUT2D eigenvalue weighted by molar-refractivity contribution is 0.698. The molecule has 2 heterocycles. The van der Waals surface area contributed by atoms with E-state index in [1.807, 2.05) is 28.8 Å². The van der Waals surface area contributed by atoms with Gasteiger partial charge in [-0.25, -0.2) is 0 Å². The molecule has 1 atom stereocenters. The maximum absolute atomic E-state index is 6.02. The van der Waals surface area contributed by atoms with E-state index in [0.717, 1.165) is 22.1 Å². The van der Waals surface area contributed by atoms with Crippen LogP contribution < -0.4 is 5.73 Å². The summed E-state index contributed by atoms with van der Waals surface area (Å²) in [4.78, 5) is 1.13. The lowest BCUT2D eigenvalue weighted by Crippen LogP contribution is -2.07. The minimum atomic E-state index is 0.114. The fourth-order valence-electron chi connectivity index (χ4n) is 2.01. The Morgan fingerprint density at radius 1 is 1.15 bits per heavy atom. The van der Waals surface area contributed by atoms with Gasteiger partial charge in [-0.2, -0.15) is 0 Å². The summed E-state index contributed by atoms with van der Waals surface area (Å²) < 4.78 is 1.98. The third-order valence-electron chi connectivity index (χ3n) is 3.24. The first kappa shape index (κ1) is 13.1. The average molecular weight is 284 g/mol. The molecular weight excluding hydrogens is 268 g/mol. The quantitative estimate of drug-likeness (QED) is 0.798. The maximum Gasteiger partial charge on any atom is 0.200 e.